The van der Waals surface area contributed by atoms with E-state index in [0.717, 1.165) is 0 Å². The number of nitrogens with zero attached hydrogens (tertiary/aromatic N) is 1. The van der Waals surface area contributed by atoms with E-state index in [0.29, 0.717) is 11.1 Å². The minimum atomic E-state index is -4.36. The van der Waals surface area contributed by atoms with Crippen LogP contribution in [-0.4, -0.2) is 31.8 Å². The van der Waals surface area contributed by atoms with E-state index in [1.54, 1.807) is 0 Å². The Morgan fingerprint density at radius 2 is 1.95 bits per heavy atom. The van der Waals surface area contributed by atoms with Gasteiger partial charge in [-0.2, -0.15) is 18.4 Å². The van der Waals surface area contributed by atoms with Crippen molar-refractivity contribution in [2.24, 2.45) is 0 Å². The summed E-state index contributed by atoms with van der Waals surface area (Å²) in [6.45, 7) is -1.57. The second-order valence-corrected chi connectivity index (χ2v) is 3.61. The molecule has 1 rings (SSSR count). The van der Waals surface area contributed by atoms with E-state index in [4.69, 9.17) is 5.26 Å². The molecule has 0 saturated carbocycles. The van der Waals surface area contributed by atoms with Crippen molar-refractivity contribution < 1.29 is 22.7 Å². The normalized spacial score (nSPS) is 10.8. The minimum Gasteiger partial charge on any atom is -0.370 e. The van der Waals surface area contributed by atoms with Crippen LogP contribution in [0.5, 0.6) is 0 Å². The lowest BCUT2D eigenvalue weighted by Gasteiger charge is -2.08. The third kappa shape index (κ3) is 5.88. The number of hydrogen-bond donors (Lipinski definition) is 1. The van der Waals surface area contributed by atoms with Crippen LogP contribution in [0.1, 0.15) is 15.9 Å². The Bertz CT molecular complexity index is 463. The van der Waals surface area contributed by atoms with Gasteiger partial charge in [0.15, 0.2) is 0 Å². The van der Waals surface area contributed by atoms with Crippen molar-refractivity contribution in [1.29, 1.82) is 5.26 Å². The molecule has 102 valence electrons. The van der Waals surface area contributed by atoms with Crippen molar-refractivity contribution in [2.45, 2.75) is 6.18 Å². The maximum absolute atomic E-state index is 11.7. The number of nitriles is 1. The van der Waals surface area contributed by atoms with Gasteiger partial charge in [-0.1, -0.05) is 0 Å². The Morgan fingerprint density at radius 3 is 2.47 bits per heavy atom. The van der Waals surface area contributed by atoms with Crippen LogP contribution in [0.3, 0.4) is 0 Å². The number of benzene rings is 1. The van der Waals surface area contributed by atoms with Crippen molar-refractivity contribution in [1.82, 2.24) is 5.32 Å². The van der Waals surface area contributed by atoms with Crippen LogP contribution < -0.4 is 5.32 Å². The largest absolute Gasteiger partial charge is 0.411 e. The van der Waals surface area contributed by atoms with Gasteiger partial charge in [-0.3, -0.25) is 4.79 Å². The number of halogens is 3. The van der Waals surface area contributed by atoms with E-state index in [9.17, 15) is 18.0 Å². The number of hydrogen-bond acceptors (Lipinski definition) is 3. The zero-order valence-corrected chi connectivity index (χ0v) is 9.83. The van der Waals surface area contributed by atoms with Gasteiger partial charge < -0.3 is 10.1 Å². The van der Waals surface area contributed by atoms with Gasteiger partial charge in [0, 0.05) is 12.1 Å². The van der Waals surface area contributed by atoms with Crippen molar-refractivity contribution in [3.63, 3.8) is 0 Å². The maximum Gasteiger partial charge on any atom is 0.411 e. The lowest BCUT2D eigenvalue weighted by Crippen LogP contribution is -2.28. The molecule has 0 aliphatic carbocycles. The number of carbonyl (C=O) groups excluding carboxylic acids is 1. The fourth-order valence-corrected chi connectivity index (χ4v) is 1.22. The third-order valence-corrected chi connectivity index (χ3v) is 2.07. The molecule has 0 saturated heterocycles. The summed E-state index contributed by atoms with van der Waals surface area (Å²) in [5.74, 6) is -0.430. The summed E-state index contributed by atoms with van der Waals surface area (Å²) in [5.41, 5.74) is 0.750. The number of nitrogens with one attached hydrogen (secondary N) is 1. The average Bonchev–Trinajstić information content (AvgIpc) is 2.37. The van der Waals surface area contributed by atoms with Crippen LogP contribution in [-0.2, 0) is 4.74 Å². The number of rotatable bonds is 5. The quantitative estimate of drug-likeness (QED) is 0.832. The molecular weight excluding hydrogens is 261 g/mol. The van der Waals surface area contributed by atoms with Gasteiger partial charge in [-0.05, 0) is 24.3 Å². The number of ether oxygens (including phenoxy) is 1. The Morgan fingerprint density at radius 1 is 1.32 bits per heavy atom. The molecule has 1 N–H and O–H groups in total. The standard InChI is InChI=1S/C12H11F3N2O2/c13-12(14,15)8-19-6-5-17-11(18)10-3-1-9(7-16)2-4-10/h1-4H,5-6,8H2,(H,17,18). The van der Waals surface area contributed by atoms with E-state index in [-0.39, 0.29) is 13.2 Å². The molecular formula is C12H11F3N2O2. The van der Waals surface area contributed by atoms with E-state index in [2.05, 4.69) is 10.1 Å². The minimum absolute atomic E-state index is 0.0189. The molecule has 0 radical (unpaired) electrons. The summed E-state index contributed by atoms with van der Waals surface area (Å²) in [4.78, 5) is 11.5. The van der Waals surface area contributed by atoms with Crippen molar-refractivity contribution in [2.75, 3.05) is 19.8 Å². The van der Waals surface area contributed by atoms with Crippen LogP contribution in [0, 0.1) is 11.3 Å². The molecule has 0 bridgehead atoms. The zero-order valence-electron chi connectivity index (χ0n) is 9.83. The first kappa shape index (κ1) is 15.0. The smallest absolute Gasteiger partial charge is 0.370 e. The van der Waals surface area contributed by atoms with Gasteiger partial charge >= 0.3 is 6.18 Å². The lowest BCUT2D eigenvalue weighted by molar-refractivity contribution is -0.173. The van der Waals surface area contributed by atoms with E-state index < -0.39 is 18.7 Å². The molecule has 4 nitrogen and oxygen atoms in total. The number of carbonyl (C=O) groups is 1. The fraction of sp³-hybridized carbons (Fsp3) is 0.333. The summed E-state index contributed by atoms with van der Waals surface area (Å²) >= 11 is 0. The molecule has 1 aromatic rings. The molecule has 1 amide bonds. The van der Waals surface area contributed by atoms with Crippen molar-refractivity contribution in [3.05, 3.63) is 35.4 Å². The maximum atomic E-state index is 11.7. The summed E-state index contributed by atoms with van der Waals surface area (Å²) < 4.78 is 39.6. The molecule has 7 heteroatoms. The Balaban J connectivity index is 2.29. The number of alkyl halides is 3. The first-order valence-corrected chi connectivity index (χ1v) is 5.35. The lowest BCUT2D eigenvalue weighted by atomic mass is 10.1. The summed E-state index contributed by atoms with van der Waals surface area (Å²) in [5, 5.41) is 11.0. The van der Waals surface area contributed by atoms with Gasteiger partial charge in [0.25, 0.3) is 5.91 Å². The van der Waals surface area contributed by atoms with Crippen LogP contribution in [0.25, 0.3) is 0 Å². The average molecular weight is 272 g/mol. The van der Waals surface area contributed by atoms with Gasteiger partial charge in [0.05, 0.1) is 18.2 Å². The predicted molar refractivity (Wildman–Crippen MR) is 60.4 cm³/mol. The topological polar surface area (TPSA) is 62.1 Å². The highest BCUT2D eigenvalue weighted by Crippen LogP contribution is 2.13. The first-order chi connectivity index (χ1) is 8.92. The second kappa shape index (κ2) is 6.75. The SMILES string of the molecule is N#Cc1ccc(C(=O)NCCOCC(F)(F)F)cc1. The predicted octanol–water partition coefficient (Wildman–Crippen LogP) is 1.87. The molecule has 1 aromatic carbocycles. The molecule has 0 heterocycles. The van der Waals surface area contributed by atoms with Gasteiger partial charge in [0.2, 0.25) is 0 Å². The van der Waals surface area contributed by atoms with E-state index >= 15 is 0 Å². The van der Waals surface area contributed by atoms with Crippen molar-refractivity contribution in [3.8, 4) is 6.07 Å². The Labute approximate surface area is 107 Å². The van der Waals surface area contributed by atoms with Crippen molar-refractivity contribution >= 4 is 5.91 Å². The monoisotopic (exact) mass is 272 g/mol. The van der Waals surface area contributed by atoms with E-state index in [1.807, 2.05) is 6.07 Å². The second-order valence-electron chi connectivity index (χ2n) is 3.61. The molecule has 0 aromatic heterocycles. The third-order valence-electron chi connectivity index (χ3n) is 2.07. The van der Waals surface area contributed by atoms with Crippen LogP contribution >= 0.6 is 0 Å². The number of amides is 1. The van der Waals surface area contributed by atoms with Crippen LogP contribution in [0.2, 0.25) is 0 Å². The molecule has 0 atom stereocenters. The van der Waals surface area contributed by atoms with Gasteiger partial charge in [0.1, 0.15) is 6.61 Å². The molecule has 0 spiro atoms. The van der Waals surface area contributed by atoms with Gasteiger partial charge in [-0.15, -0.1) is 0 Å². The molecule has 0 aliphatic heterocycles. The molecule has 0 unspecified atom stereocenters. The van der Waals surface area contributed by atoms with E-state index in [1.165, 1.54) is 24.3 Å². The zero-order chi connectivity index (χ0) is 14.3. The summed E-state index contributed by atoms with van der Waals surface area (Å²) in [6, 6.07) is 7.80. The fourth-order valence-electron chi connectivity index (χ4n) is 1.22. The molecule has 0 fully saturated rings. The highest BCUT2D eigenvalue weighted by Gasteiger charge is 2.27. The van der Waals surface area contributed by atoms with Crippen LogP contribution in [0.4, 0.5) is 13.2 Å². The summed E-state index contributed by atoms with van der Waals surface area (Å²) in [6.07, 6.45) is -4.36. The Hall–Kier alpha value is -2.07. The Kier molecular flexibility index (Phi) is 5.33. The summed E-state index contributed by atoms with van der Waals surface area (Å²) in [7, 11) is 0. The highest BCUT2D eigenvalue weighted by molar-refractivity contribution is 5.94. The molecule has 0 aliphatic rings. The van der Waals surface area contributed by atoms with Crippen LogP contribution in [0.15, 0.2) is 24.3 Å². The first-order valence-electron chi connectivity index (χ1n) is 5.35. The van der Waals surface area contributed by atoms with Gasteiger partial charge in [-0.25, -0.2) is 0 Å². The highest BCUT2D eigenvalue weighted by atomic mass is 19.4. The molecule has 19 heavy (non-hydrogen) atoms.